The van der Waals surface area contributed by atoms with Crippen LogP contribution in [0.25, 0.3) is 6.20 Å². The van der Waals surface area contributed by atoms with E-state index in [9.17, 15) is 0 Å². The first-order chi connectivity index (χ1) is 14.4. The second kappa shape index (κ2) is 20.2. The number of rotatable bonds is 22. The zero-order valence-electron chi connectivity index (χ0n) is 19.8. The molecule has 2 nitrogen and oxygen atoms in total. The van der Waals surface area contributed by atoms with E-state index >= 15 is 0 Å². The zero-order chi connectivity index (χ0) is 20.8. The topological polar surface area (TPSA) is 8.81 Å². The Bertz CT molecular complexity index is 463. The van der Waals surface area contributed by atoms with Crippen LogP contribution >= 0.6 is 0 Å². The summed E-state index contributed by atoms with van der Waals surface area (Å²) in [7, 11) is 0. The van der Waals surface area contributed by atoms with Gasteiger partial charge in [0.25, 0.3) is 0 Å². The Labute approximate surface area is 182 Å². The van der Waals surface area contributed by atoms with Crippen LogP contribution in [0.1, 0.15) is 135 Å². The van der Waals surface area contributed by atoms with Crippen molar-refractivity contribution in [3.63, 3.8) is 0 Å². The van der Waals surface area contributed by atoms with Gasteiger partial charge in [0.05, 0.1) is 12.7 Å². The molecule has 0 bridgehead atoms. The van der Waals surface area contributed by atoms with Gasteiger partial charge in [0.2, 0.25) is 6.33 Å². The van der Waals surface area contributed by atoms with Gasteiger partial charge in [-0.1, -0.05) is 129 Å². The molecule has 0 aliphatic carbocycles. The third-order valence-corrected chi connectivity index (χ3v) is 6.19. The molecule has 2 heteroatoms. The van der Waals surface area contributed by atoms with Crippen LogP contribution in [0.15, 0.2) is 25.3 Å². The molecule has 0 fully saturated rings. The molecule has 1 aromatic rings. The van der Waals surface area contributed by atoms with Gasteiger partial charge < -0.3 is 0 Å². The molecule has 0 aliphatic heterocycles. The highest BCUT2D eigenvalue weighted by molar-refractivity contribution is 5.12. The number of aryl methyl sites for hydroxylation is 1. The van der Waals surface area contributed by atoms with Gasteiger partial charge in [-0.2, -0.15) is 0 Å². The van der Waals surface area contributed by atoms with Crippen LogP contribution in [0, 0.1) is 0 Å². The summed E-state index contributed by atoms with van der Waals surface area (Å²) < 4.78 is 4.27. The molecule has 0 saturated carbocycles. The van der Waals surface area contributed by atoms with Crippen LogP contribution < -0.4 is 4.57 Å². The average molecular weight is 404 g/mol. The summed E-state index contributed by atoms with van der Waals surface area (Å²) in [6.45, 7) is 7.22. The third kappa shape index (κ3) is 16.4. The first-order valence-electron chi connectivity index (χ1n) is 13.1. The van der Waals surface area contributed by atoms with Gasteiger partial charge in [-0.25, -0.2) is 9.13 Å². The minimum absolute atomic E-state index is 1.14. The van der Waals surface area contributed by atoms with Crippen LogP contribution in [-0.2, 0) is 6.54 Å². The van der Waals surface area contributed by atoms with E-state index in [0.29, 0.717) is 0 Å². The number of hydrogen-bond acceptors (Lipinski definition) is 0. The van der Waals surface area contributed by atoms with Gasteiger partial charge in [-0.05, 0) is 12.8 Å². The van der Waals surface area contributed by atoms with E-state index in [1.54, 1.807) is 0 Å². The van der Waals surface area contributed by atoms with Gasteiger partial charge in [-0.15, -0.1) is 0 Å². The van der Waals surface area contributed by atoms with E-state index < -0.39 is 0 Å². The van der Waals surface area contributed by atoms with Crippen LogP contribution in [0.2, 0.25) is 0 Å². The lowest BCUT2D eigenvalue weighted by atomic mass is 10.0. The van der Waals surface area contributed by atoms with E-state index in [1.807, 2.05) is 10.8 Å². The SMILES string of the molecule is C=Cn1cc[n+](CCCCCCCCCCCCCCCCCCCCCC)c1. The molecule has 0 aliphatic rings. The van der Waals surface area contributed by atoms with E-state index in [-0.39, 0.29) is 0 Å². The maximum absolute atomic E-state index is 3.78. The maximum Gasteiger partial charge on any atom is 0.248 e. The van der Waals surface area contributed by atoms with Crippen LogP contribution in [0.5, 0.6) is 0 Å². The first-order valence-corrected chi connectivity index (χ1v) is 13.1. The number of hydrogen-bond donors (Lipinski definition) is 0. The summed E-state index contributed by atoms with van der Waals surface area (Å²) in [5.41, 5.74) is 0. The largest absolute Gasteiger partial charge is 0.248 e. The Morgan fingerprint density at radius 3 is 1.34 bits per heavy atom. The van der Waals surface area contributed by atoms with Crippen molar-refractivity contribution in [1.82, 2.24) is 4.57 Å². The molecule has 29 heavy (non-hydrogen) atoms. The molecule has 0 atom stereocenters. The Balaban J connectivity index is 1.69. The summed E-state index contributed by atoms with van der Waals surface area (Å²) in [6, 6.07) is 0. The van der Waals surface area contributed by atoms with Crippen molar-refractivity contribution in [3.05, 3.63) is 25.3 Å². The predicted molar refractivity (Wildman–Crippen MR) is 129 cm³/mol. The molecule has 1 rings (SSSR count). The number of nitrogens with zero attached hydrogens (tertiary/aromatic N) is 2. The molecule has 0 amide bonds. The van der Waals surface area contributed by atoms with Crippen LogP contribution in [0.4, 0.5) is 0 Å². The lowest BCUT2D eigenvalue weighted by molar-refractivity contribution is -0.696. The molecule has 0 unspecified atom stereocenters. The molecule has 168 valence electrons. The number of imidazole rings is 1. The highest BCUT2D eigenvalue weighted by atomic mass is 15.1. The lowest BCUT2D eigenvalue weighted by Crippen LogP contribution is -2.30. The van der Waals surface area contributed by atoms with E-state index in [2.05, 4.69) is 36.8 Å². The third-order valence-electron chi connectivity index (χ3n) is 6.19. The van der Waals surface area contributed by atoms with Gasteiger partial charge in [-0.3, -0.25) is 0 Å². The molecule has 0 spiro atoms. The van der Waals surface area contributed by atoms with E-state index in [4.69, 9.17) is 0 Å². The zero-order valence-corrected chi connectivity index (χ0v) is 19.8. The van der Waals surface area contributed by atoms with E-state index in [0.717, 1.165) is 6.54 Å². The number of aromatic nitrogens is 2. The lowest BCUT2D eigenvalue weighted by Gasteiger charge is -2.04. The second-order valence-electron chi connectivity index (χ2n) is 9.00. The molecular formula is C27H51N2+. The summed E-state index contributed by atoms with van der Waals surface area (Å²) >= 11 is 0. The van der Waals surface area contributed by atoms with Crippen molar-refractivity contribution in [3.8, 4) is 0 Å². The molecule has 1 aromatic heterocycles. The minimum atomic E-state index is 1.14. The average Bonchev–Trinajstić information content (AvgIpc) is 3.20. The predicted octanol–water partition coefficient (Wildman–Crippen LogP) is 8.70. The van der Waals surface area contributed by atoms with Crippen molar-refractivity contribution in [1.29, 1.82) is 0 Å². The highest BCUT2D eigenvalue weighted by Crippen LogP contribution is 2.14. The first kappa shape index (κ1) is 26.0. The Hall–Kier alpha value is -1.05. The molecule has 0 N–H and O–H groups in total. The smallest absolute Gasteiger partial charge is 0.236 e. The normalized spacial score (nSPS) is 11.2. The fraction of sp³-hybridized carbons (Fsp3) is 0.815. The standard InChI is InChI=1S/C27H51N2/c1-3-5-6-7-8-9-10-11-12-13-14-15-16-17-18-19-20-21-22-23-24-29-26-25-28(4-2)27-29/h4,25-27H,2-3,5-24H2,1H3/q+1. The summed E-state index contributed by atoms with van der Waals surface area (Å²) in [5.74, 6) is 0. The van der Waals surface area contributed by atoms with Gasteiger partial charge in [0.15, 0.2) is 0 Å². The molecule has 0 radical (unpaired) electrons. The van der Waals surface area contributed by atoms with Gasteiger partial charge in [0.1, 0.15) is 12.4 Å². The summed E-state index contributed by atoms with van der Waals surface area (Å²) in [4.78, 5) is 0. The maximum atomic E-state index is 3.78. The minimum Gasteiger partial charge on any atom is -0.236 e. The molecule has 0 saturated heterocycles. The quantitative estimate of drug-likeness (QED) is 0.135. The monoisotopic (exact) mass is 403 g/mol. The number of unbranched alkanes of at least 4 members (excludes halogenated alkanes) is 19. The summed E-state index contributed by atoms with van der Waals surface area (Å²) in [5, 5.41) is 0. The fourth-order valence-corrected chi connectivity index (χ4v) is 4.20. The Morgan fingerprint density at radius 2 is 1.00 bits per heavy atom. The van der Waals surface area contributed by atoms with Gasteiger partial charge >= 0.3 is 0 Å². The second-order valence-corrected chi connectivity index (χ2v) is 9.00. The van der Waals surface area contributed by atoms with E-state index in [1.165, 1.54) is 128 Å². The van der Waals surface area contributed by atoms with Crippen molar-refractivity contribution in [2.24, 2.45) is 0 Å². The van der Waals surface area contributed by atoms with Crippen LogP contribution in [-0.4, -0.2) is 4.57 Å². The van der Waals surface area contributed by atoms with Crippen molar-refractivity contribution < 1.29 is 4.57 Å². The van der Waals surface area contributed by atoms with Crippen molar-refractivity contribution in [2.75, 3.05) is 0 Å². The van der Waals surface area contributed by atoms with Gasteiger partial charge in [0, 0.05) is 0 Å². The summed E-state index contributed by atoms with van der Waals surface area (Å²) in [6.07, 6.45) is 37.0. The molecular weight excluding hydrogens is 352 g/mol. The Kier molecular flexibility index (Phi) is 18.1. The van der Waals surface area contributed by atoms with Crippen molar-refractivity contribution in [2.45, 2.75) is 142 Å². The van der Waals surface area contributed by atoms with Crippen molar-refractivity contribution >= 4 is 6.20 Å². The highest BCUT2D eigenvalue weighted by Gasteiger charge is 2.00. The molecule has 1 heterocycles. The molecule has 0 aromatic carbocycles. The fourth-order valence-electron chi connectivity index (χ4n) is 4.20. The Morgan fingerprint density at radius 1 is 0.621 bits per heavy atom. The van der Waals surface area contributed by atoms with Crippen LogP contribution in [0.3, 0.4) is 0 Å².